The van der Waals surface area contributed by atoms with Crippen LogP contribution in [0.25, 0.3) is 11.1 Å². The van der Waals surface area contributed by atoms with Gasteiger partial charge in [0.05, 0.1) is 0 Å². The first-order valence-electron chi connectivity index (χ1n) is 4.58. The van der Waals surface area contributed by atoms with Crippen LogP contribution in [0.15, 0.2) is 45.5 Å². The second-order valence-electron chi connectivity index (χ2n) is 3.18. The predicted molar refractivity (Wildman–Crippen MR) is 70.5 cm³/mol. The van der Waals surface area contributed by atoms with Crippen LogP contribution in [0.5, 0.6) is 0 Å². The Labute approximate surface area is 110 Å². The lowest BCUT2D eigenvalue weighted by molar-refractivity contribution is 0.111. The zero-order valence-corrected chi connectivity index (χ0v) is 11.3. The Kier molecular flexibility index (Phi) is 3.51. The summed E-state index contributed by atoms with van der Waals surface area (Å²) in [6.07, 6.45) is 2.38. The summed E-state index contributed by atoms with van der Waals surface area (Å²) < 4.78 is 1.91. The molecule has 0 unspecified atom stereocenters. The molecule has 2 aromatic rings. The fourth-order valence-electron chi connectivity index (χ4n) is 1.45. The highest BCUT2D eigenvalue weighted by molar-refractivity contribution is 9.11. The van der Waals surface area contributed by atoms with Crippen LogP contribution in [0.3, 0.4) is 0 Å². The van der Waals surface area contributed by atoms with Crippen LogP contribution in [-0.2, 0) is 0 Å². The maximum atomic E-state index is 10.9. The molecule has 0 aliphatic heterocycles. The number of pyridine rings is 1. The van der Waals surface area contributed by atoms with Gasteiger partial charge in [0.25, 0.3) is 0 Å². The topological polar surface area (TPSA) is 30.0 Å². The van der Waals surface area contributed by atoms with E-state index >= 15 is 0 Å². The number of hydrogen-bond donors (Lipinski definition) is 0. The normalized spacial score (nSPS) is 10.1. The van der Waals surface area contributed by atoms with Crippen molar-refractivity contribution >= 4 is 38.1 Å². The summed E-state index contributed by atoms with van der Waals surface area (Å²) in [7, 11) is 0. The lowest BCUT2D eigenvalue weighted by Crippen LogP contribution is -1.91. The van der Waals surface area contributed by atoms with Crippen molar-refractivity contribution in [3.8, 4) is 11.1 Å². The van der Waals surface area contributed by atoms with E-state index in [0.29, 0.717) is 5.69 Å². The molecule has 0 radical (unpaired) electrons. The third kappa shape index (κ3) is 2.23. The van der Waals surface area contributed by atoms with Crippen molar-refractivity contribution < 1.29 is 4.79 Å². The summed E-state index contributed by atoms with van der Waals surface area (Å²) in [6, 6.07) is 9.51. The molecule has 0 bridgehead atoms. The van der Waals surface area contributed by atoms with Gasteiger partial charge in [-0.3, -0.25) is 9.78 Å². The summed E-state index contributed by atoms with van der Waals surface area (Å²) >= 11 is 6.86. The average Bonchev–Trinajstić information content (AvgIpc) is 2.29. The van der Waals surface area contributed by atoms with Crippen LogP contribution >= 0.6 is 31.9 Å². The average molecular weight is 341 g/mol. The number of halogens is 2. The Bertz CT molecular complexity index is 540. The molecule has 4 heteroatoms. The van der Waals surface area contributed by atoms with Crippen LogP contribution in [0.1, 0.15) is 10.5 Å². The van der Waals surface area contributed by atoms with E-state index in [1.165, 1.54) is 0 Å². The minimum atomic E-state index is 0.450. The minimum absolute atomic E-state index is 0.450. The second kappa shape index (κ2) is 4.89. The van der Waals surface area contributed by atoms with E-state index in [-0.39, 0.29) is 0 Å². The molecule has 1 heterocycles. The van der Waals surface area contributed by atoms with Crippen LogP contribution in [0.4, 0.5) is 0 Å². The summed E-state index contributed by atoms with van der Waals surface area (Å²) in [5, 5.41) is 0. The highest BCUT2D eigenvalue weighted by Gasteiger charge is 2.08. The molecule has 1 aromatic carbocycles. The zero-order chi connectivity index (χ0) is 11.5. The lowest BCUT2D eigenvalue weighted by Gasteiger charge is -2.06. The molecule has 16 heavy (non-hydrogen) atoms. The third-order valence-corrected chi connectivity index (χ3v) is 3.32. The quantitative estimate of drug-likeness (QED) is 0.771. The van der Waals surface area contributed by atoms with E-state index in [9.17, 15) is 4.79 Å². The molecule has 0 fully saturated rings. The van der Waals surface area contributed by atoms with Gasteiger partial charge >= 0.3 is 0 Å². The van der Waals surface area contributed by atoms with Crippen molar-refractivity contribution in [2.75, 3.05) is 0 Å². The van der Waals surface area contributed by atoms with E-state index in [4.69, 9.17) is 0 Å². The number of aldehydes is 1. The highest BCUT2D eigenvalue weighted by atomic mass is 79.9. The van der Waals surface area contributed by atoms with Crippen molar-refractivity contribution in [1.29, 1.82) is 0 Å². The molecule has 0 atom stereocenters. The van der Waals surface area contributed by atoms with Crippen molar-refractivity contribution in [3.63, 3.8) is 0 Å². The van der Waals surface area contributed by atoms with Gasteiger partial charge in [0.15, 0.2) is 6.29 Å². The minimum Gasteiger partial charge on any atom is -0.296 e. The smallest absolute Gasteiger partial charge is 0.169 e. The van der Waals surface area contributed by atoms with Gasteiger partial charge < -0.3 is 0 Å². The standard InChI is InChI=1S/C12H7Br2NO/c13-8-3-4-9(11(14)6-8)10-2-1-5-15-12(10)7-16/h1-7H. The van der Waals surface area contributed by atoms with E-state index in [1.54, 1.807) is 6.20 Å². The number of rotatable bonds is 2. The zero-order valence-electron chi connectivity index (χ0n) is 8.15. The van der Waals surface area contributed by atoms with Gasteiger partial charge in [-0.25, -0.2) is 0 Å². The monoisotopic (exact) mass is 339 g/mol. The molecule has 0 aliphatic rings. The van der Waals surface area contributed by atoms with Crippen LogP contribution < -0.4 is 0 Å². The Morgan fingerprint density at radius 1 is 1.12 bits per heavy atom. The van der Waals surface area contributed by atoms with Crippen molar-refractivity contribution in [2.24, 2.45) is 0 Å². The fraction of sp³-hybridized carbons (Fsp3) is 0. The number of carbonyl (C=O) groups excluding carboxylic acids is 1. The summed E-state index contributed by atoms with van der Waals surface area (Å²) in [5.41, 5.74) is 2.24. The fourth-order valence-corrected chi connectivity index (χ4v) is 2.71. The first kappa shape index (κ1) is 11.5. The number of aromatic nitrogens is 1. The Hall–Kier alpha value is -1.000. The van der Waals surface area contributed by atoms with Gasteiger partial charge in [-0.05, 0) is 23.8 Å². The largest absolute Gasteiger partial charge is 0.296 e. The predicted octanol–water partition coefficient (Wildman–Crippen LogP) is 4.09. The second-order valence-corrected chi connectivity index (χ2v) is 4.95. The van der Waals surface area contributed by atoms with Crippen molar-refractivity contribution in [2.45, 2.75) is 0 Å². The first-order chi connectivity index (χ1) is 7.72. The molecule has 0 saturated heterocycles. The molecular weight excluding hydrogens is 334 g/mol. The number of carbonyl (C=O) groups is 1. The first-order valence-corrected chi connectivity index (χ1v) is 6.16. The van der Waals surface area contributed by atoms with Gasteiger partial charge in [0.1, 0.15) is 5.69 Å². The number of hydrogen-bond acceptors (Lipinski definition) is 2. The van der Waals surface area contributed by atoms with Crippen LogP contribution in [-0.4, -0.2) is 11.3 Å². The van der Waals surface area contributed by atoms with Gasteiger partial charge in [-0.15, -0.1) is 0 Å². The SMILES string of the molecule is O=Cc1ncccc1-c1ccc(Br)cc1Br. The van der Waals surface area contributed by atoms with E-state index < -0.39 is 0 Å². The Balaban J connectivity index is 2.62. The lowest BCUT2D eigenvalue weighted by atomic mass is 10.0. The summed E-state index contributed by atoms with van der Waals surface area (Å²) in [5.74, 6) is 0. The molecular formula is C12H7Br2NO. The van der Waals surface area contributed by atoms with Gasteiger partial charge in [0.2, 0.25) is 0 Å². The molecule has 0 aliphatic carbocycles. The van der Waals surface area contributed by atoms with E-state index in [0.717, 1.165) is 26.4 Å². The van der Waals surface area contributed by atoms with Crippen molar-refractivity contribution in [1.82, 2.24) is 4.98 Å². The molecule has 0 amide bonds. The molecule has 2 nitrogen and oxygen atoms in total. The van der Waals surface area contributed by atoms with Crippen molar-refractivity contribution in [3.05, 3.63) is 51.2 Å². The highest BCUT2D eigenvalue weighted by Crippen LogP contribution is 2.31. The van der Waals surface area contributed by atoms with E-state index in [1.807, 2.05) is 30.3 Å². The van der Waals surface area contributed by atoms with Gasteiger partial charge in [-0.2, -0.15) is 0 Å². The third-order valence-electron chi connectivity index (χ3n) is 2.17. The van der Waals surface area contributed by atoms with Gasteiger partial charge in [-0.1, -0.05) is 44.0 Å². The molecule has 0 saturated carbocycles. The number of nitrogens with zero attached hydrogens (tertiary/aromatic N) is 1. The Morgan fingerprint density at radius 3 is 2.62 bits per heavy atom. The maximum Gasteiger partial charge on any atom is 0.169 e. The van der Waals surface area contributed by atoms with Crippen LogP contribution in [0.2, 0.25) is 0 Å². The molecule has 80 valence electrons. The van der Waals surface area contributed by atoms with Crippen LogP contribution in [0, 0.1) is 0 Å². The molecule has 0 spiro atoms. The van der Waals surface area contributed by atoms with E-state index in [2.05, 4.69) is 36.8 Å². The summed E-state index contributed by atoms with van der Waals surface area (Å²) in [6.45, 7) is 0. The number of benzene rings is 1. The van der Waals surface area contributed by atoms with Gasteiger partial charge in [0, 0.05) is 20.7 Å². The maximum absolute atomic E-state index is 10.9. The summed E-state index contributed by atoms with van der Waals surface area (Å²) in [4.78, 5) is 14.9. The molecule has 2 rings (SSSR count). The Morgan fingerprint density at radius 2 is 1.94 bits per heavy atom. The molecule has 0 N–H and O–H groups in total. The molecule has 1 aromatic heterocycles.